The summed E-state index contributed by atoms with van der Waals surface area (Å²) in [5, 5.41) is 15.6. The normalized spacial score (nSPS) is 15.7. The molecular formula is C54H64ClN8O12P. The van der Waals surface area contributed by atoms with Gasteiger partial charge >= 0.3 is 7.82 Å². The Hall–Kier alpha value is -7.12. The van der Waals surface area contributed by atoms with Crippen molar-refractivity contribution in [1.82, 2.24) is 25.8 Å². The maximum absolute atomic E-state index is 14.2. The number of phosphoric acid groups is 1. The molecule has 8 N–H and O–H groups in total. The van der Waals surface area contributed by atoms with Crippen LogP contribution in [0.4, 0.5) is 17.1 Å². The first-order valence-electron chi connectivity index (χ1n) is 25.4. The number of H-pyrrole nitrogens is 1. The Morgan fingerprint density at radius 1 is 0.750 bits per heavy atom. The van der Waals surface area contributed by atoms with Crippen molar-refractivity contribution in [3.05, 3.63) is 95.7 Å². The SMILES string of the molecule is CC(C)C[C@H](NC(=O)CCCCCN1C(=O)CCC1=O)C(=O)N[C@@H](C)C(=O)N[C@@H](CC(C)C)C(=O)Nc1ccc(C(=O)Nc2ccc3[nH]c(C(=O)N4C[C@@H](CCl)c5c4cc(OP(=O)(O)O)c4ccccc54)cc3c2)cc1. The number of hydrogen-bond donors (Lipinski definition) is 8. The van der Waals surface area contributed by atoms with E-state index < -0.39 is 55.5 Å². The highest BCUT2D eigenvalue weighted by Gasteiger charge is 2.37. The number of benzene rings is 4. The van der Waals surface area contributed by atoms with Gasteiger partial charge in [0.2, 0.25) is 35.4 Å². The number of amides is 8. The van der Waals surface area contributed by atoms with Gasteiger partial charge in [0.15, 0.2) is 0 Å². The number of anilines is 3. The number of aromatic nitrogens is 1. The van der Waals surface area contributed by atoms with Crippen LogP contribution in [0.3, 0.4) is 0 Å². The second-order valence-electron chi connectivity index (χ2n) is 20.1. The number of nitrogens with one attached hydrogen (secondary N) is 6. The number of phosphoric ester groups is 1. The number of rotatable bonds is 23. The maximum atomic E-state index is 14.2. The molecule has 2 aliphatic heterocycles. The summed E-state index contributed by atoms with van der Waals surface area (Å²) < 4.78 is 17.0. The van der Waals surface area contributed by atoms with Crippen molar-refractivity contribution >= 4 is 105 Å². The minimum absolute atomic E-state index is 0.0122. The summed E-state index contributed by atoms with van der Waals surface area (Å²) in [5.41, 5.74) is 3.07. The summed E-state index contributed by atoms with van der Waals surface area (Å²) in [6.07, 6.45) is 2.87. The Morgan fingerprint density at radius 3 is 2.04 bits per heavy atom. The molecule has 1 aromatic heterocycles. The number of imide groups is 1. The molecule has 76 heavy (non-hydrogen) atoms. The molecule has 3 heterocycles. The van der Waals surface area contributed by atoms with Crippen LogP contribution in [0.15, 0.2) is 78.9 Å². The first-order chi connectivity index (χ1) is 36.1. The van der Waals surface area contributed by atoms with E-state index in [2.05, 4.69) is 31.6 Å². The smallest absolute Gasteiger partial charge is 0.404 e. The zero-order valence-electron chi connectivity index (χ0n) is 42.9. The Kier molecular flexibility index (Phi) is 18.4. The molecule has 0 spiro atoms. The third-order valence-electron chi connectivity index (χ3n) is 13.2. The molecule has 4 aromatic carbocycles. The lowest BCUT2D eigenvalue weighted by molar-refractivity contribution is -0.138. The molecule has 1 saturated heterocycles. The topological polar surface area (TPSA) is 286 Å². The summed E-state index contributed by atoms with van der Waals surface area (Å²) >= 11 is 6.41. The molecule has 7 rings (SSSR count). The number of hydrogen-bond acceptors (Lipinski definition) is 10. The van der Waals surface area contributed by atoms with E-state index in [1.54, 1.807) is 60.7 Å². The van der Waals surface area contributed by atoms with E-state index in [4.69, 9.17) is 16.1 Å². The van der Waals surface area contributed by atoms with E-state index >= 15 is 0 Å². The second-order valence-corrected chi connectivity index (χ2v) is 21.6. The van der Waals surface area contributed by atoms with E-state index in [-0.39, 0.29) is 90.6 Å². The molecular weight excluding hydrogens is 1020 g/mol. The van der Waals surface area contributed by atoms with Gasteiger partial charge in [-0.3, -0.25) is 53.0 Å². The predicted octanol–water partition coefficient (Wildman–Crippen LogP) is 7.24. The third-order valence-corrected chi connectivity index (χ3v) is 14.0. The highest BCUT2D eigenvalue weighted by atomic mass is 35.5. The van der Waals surface area contributed by atoms with Gasteiger partial charge in [-0.2, -0.15) is 0 Å². The van der Waals surface area contributed by atoms with Crippen LogP contribution in [0, 0.1) is 11.8 Å². The van der Waals surface area contributed by atoms with Gasteiger partial charge in [0.25, 0.3) is 11.8 Å². The molecule has 4 atom stereocenters. The number of aromatic amines is 1. The molecule has 22 heteroatoms. The van der Waals surface area contributed by atoms with Crippen LogP contribution in [0.25, 0.3) is 21.7 Å². The van der Waals surface area contributed by atoms with Gasteiger partial charge in [-0.05, 0) is 104 Å². The number of carbonyl (C=O) groups excluding carboxylic acids is 8. The molecule has 0 aliphatic carbocycles. The van der Waals surface area contributed by atoms with Crippen LogP contribution < -0.4 is 36.0 Å². The fourth-order valence-corrected chi connectivity index (χ4v) is 10.2. The maximum Gasteiger partial charge on any atom is 0.524 e. The van der Waals surface area contributed by atoms with Gasteiger partial charge in [0.05, 0.1) is 5.69 Å². The van der Waals surface area contributed by atoms with E-state index in [1.807, 2.05) is 27.7 Å². The molecule has 0 saturated carbocycles. The Bertz CT molecular complexity index is 3070. The first kappa shape index (κ1) is 56.6. The fraction of sp³-hybridized carbons (Fsp3) is 0.407. The lowest BCUT2D eigenvalue weighted by Gasteiger charge is -2.25. The average Bonchev–Trinajstić information content (AvgIpc) is 4.10. The van der Waals surface area contributed by atoms with Gasteiger partial charge < -0.3 is 41.0 Å². The largest absolute Gasteiger partial charge is 0.524 e. The summed E-state index contributed by atoms with van der Waals surface area (Å²) in [6, 6.07) is 18.3. The number of nitrogens with zero attached hydrogens (tertiary/aromatic N) is 2. The van der Waals surface area contributed by atoms with E-state index in [0.29, 0.717) is 71.0 Å². The van der Waals surface area contributed by atoms with E-state index in [9.17, 15) is 52.7 Å². The zero-order chi connectivity index (χ0) is 55.0. The van der Waals surface area contributed by atoms with Crippen molar-refractivity contribution < 1.29 is 57.2 Å². The third kappa shape index (κ3) is 14.2. The minimum atomic E-state index is -4.95. The highest BCUT2D eigenvalue weighted by Crippen LogP contribution is 2.49. The molecule has 1 fully saturated rings. The summed E-state index contributed by atoms with van der Waals surface area (Å²) in [7, 11) is -4.95. The van der Waals surface area contributed by atoms with Crippen molar-refractivity contribution in [2.75, 3.05) is 34.5 Å². The zero-order valence-corrected chi connectivity index (χ0v) is 44.6. The number of carbonyl (C=O) groups is 8. The molecule has 0 radical (unpaired) electrons. The predicted molar refractivity (Wildman–Crippen MR) is 288 cm³/mol. The molecule has 8 amide bonds. The van der Waals surface area contributed by atoms with Gasteiger partial charge in [0, 0.05) is 83.4 Å². The number of unbranched alkanes of at least 4 members (excludes halogenated alkanes) is 2. The van der Waals surface area contributed by atoms with E-state index in [1.165, 1.54) is 34.9 Å². The van der Waals surface area contributed by atoms with Crippen LogP contribution in [-0.4, -0.2) is 104 Å². The number of halogens is 1. The molecule has 5 aromatic rings. The fourth-order valence-electron chi connectivity index (χ4n) is 9.50. The monoisotopic (exact) mass is 1080 g/mol. The Morgan fingerprint density at radius 2 is 1.39 bits per heavy atom. The summed E-state index contributed by atoms with van der Waals surface area (Å²) in [6.45, 7) is 9.61. The lowest BCUT2D eigenvalue weighted by atomic mass is 9.95. The van der Waals surface area contributed by atoms with Gasteiger partial charge in [-0.25, -0.2) is 4.57 Å². The van der Waals surface area contributed by atoms with Crippen molar-refractivity contribution in [3.8, 4) is 5.75 Å². The van der Waals surface area contributed by atoms with Crippen molar-refractivity contribution in [3.63, 3.8) is 0 Å². The Labute approximate surface area is 444 Å². The quantitative estimate of drug-likeness (QED) is 0.0139. The van der Waals surface area contributed by atoms with Crippen molar-refractivity contribution in [2.24, 2.45) is 11.8 Å². The molecule has 404 valence electrons. The standard InChI is InChI=1S/C54H64ClN8O12P/c1-30(2)23-41(60-46(64)13-7-6-10-22-62-47(65)20-21-48(62)66)52(69)56-32(5)50(67)61-42(24-31(3)4)53(70)57-36-16-14-33(15-17-36)51(68)58-37-18-19-40-34(25-37)26-43(59-40)54(71)63-29-35(28-55)49-39-12-9-8-11-38(39)45(27-44(49)63)75-76(72,73)74/h8-9,11-12,14-19,25-27,30-32,35,41-42,59H,6-7,10,13,20-24,28-29H2,1-5H3,(H,56,69)(H,57,70)(H,58,68)(H,60,64)(H,61,67)(H2,72,73,74)/t32-,35+,41-,42-/m0/s1. The van der Waals surface area contributed by atoms with Crippen molar-refractivity contribution in [1.29, 1.82) is 0 Å². The lowest BCUT2D eigenvalue weighted by Crippen LogP contribution is -2.55. The van der Waals surface area contributed by atoms with Crippen LogP contribution in [0.2, 0.25) is 0 Å². The van der Waals surface area contributed by atoms with Crippen molar-refractivity contribution in [2.45, 2.75) is 110 Å². The molecule has 2 aliphatic rings. The van der Waals surface area contributed by atoms with Crippen LogP contribution in [0.5, 0.6) is 5.75 Å². The number of fused-ring (bicyclic) bond motifs is 4. The summed E-state index contributed by atoms with van der Waals surface area (Å²) in [4.78, 5) is 130. The first-order valence-corrected chi connectivity index (χ1v) is 27.4. The van der Waals surface area contributed by atoms with Gasteiger partial charge in [-0.1, -0.05) is 58.4 Å². The highest BCUT2D eigenvalue weighted by molar-refractivity contribution is 7.46. The summed E-state index contributed by atoms with van der Waals surface area (Å²) in [5.74, 6) is -3.38. The molecule has 20 nitrogen and oxygen atoms in total. The average molecular weight is 1080 g/mol. The Balaban J connectivity index is 0.924. The van der Waals surface area contributed by atoms with E-state index in [0.717, 1.165) is 5.56 Å². The number of likely N-dealkylation sites (tertiary alicyclic amines) is 1. The van der Waals surface area contributed by atoms with Gasteiger partial charge in [-0.15, -0.1) is 11.6 Å². The second kappa shape index (κ2) is 24.7. The molecule has 0 unspecified atom stereocenters. The number of alkyl halides is 1. The molecule has 0 bridgehead atoms. The minimum Gasteiger partial charge on any atom is -0.404 e. The van der Waals surface area contributed by atoms with Gasteiger partial charge in [0.1, 0.15) is 29.6 Å². The van der Waals surface area contributed by atoms with Crippen LogP contribution >= 0.6 is 19.4 Å². The van der Waals surface area contributed by atoms with Crippen LogP contribution in [0.1, 0.15) is 118 Å². The van der Waals surface area contributed by atoms with Crippen LogP contribution in [-0.2, 0) is 33.3 Å².